The summed E-state index contributed by atoms with van der Waals surface area (Å²) in [6.07, 6.45) is 2.46. The van der Waals surface area contributed by atoms with Gasteiger partial charge in [0.15, 0.2) is 0 Å². The lowest BCUT2D eigenvalue weighted by Gasteiger charge is -2.33. The number of piperidine rings is 1. The van der Waals surface area contributed by atoms with Gasteiger partial charge in [-0.3, -0.25) is 0 Å². The first-order chi connectivity index (χ1) is 9.03. The smallest absolute Gasteiger partial charge is 0.280 e. The normalized spacial score (nSPS) is 21.7. The zero-order valence-electron chi connectivity index (χ0n) is 10.9. The molecular weight excluding hydrogens is 270 g/mol. The Morgan fingerprint density at radius 2 is 2.37 bits per heavy atom. The summed E-state index contributed by atoms with van der Waals surface area (Å²) < 4.78 is 33.1. The number of aromatic nitrogens is 1. The van der Waals surface area contributed by atoms with Gasteiger partial charge < -0.3 is 9.63 Å². The molecule has 0 aliphatic carbocycles. The summed E-state index contributed by atoms with van der Waals surface area (Å²) >= 11 is 0. The van der Waals surface area contributed by atoms with Crippen molar-refractivity contribution in [2.75, 3.05) is 13.2 Å². The molecule has 19 heavy (non-hydrogen) atoms. The zero-order chi connectivity index (χ0) is 13.9. The highest BCUT2D eigenvalue weighted by Crippen LogP contribution is 2.19. The SMILES string of the molecule is Cc1cc(CNS(=O)(=O)N2CCCCC2CO)no1. The van der Waals surface area contributed by atoms with Crippen LogP contribution < -0.4 is 4.72 Å². The molecule has 0 bridgehead atoms. The Morgan fingerprint density at radius 3 is 3.00 bits per heavy atom. The molecule has 2 heterocycles. The topological polar surface area (TPSA) is 95.7 Å². The van der Waals surface area contributed by atoms with Gasteiger partial charge in [-0.15, -0.1) is 0 Å². The van der Waals surface area contributed by atoms with Crippen molar-refractivity contribution in [3.05, 3.63) is 17.5 Å². The molecule has 1 aromatic heterocycles. The Labute approximate surface area is 112 Å². The minimum atomic E-state index is -3.59. The van der Waals surface area contributed by atoms with Gasteiger partial charge in [-0.25, -0.2) is 0 Å². The lowest BCUT2D eigenvalue weighted by molar-refractivity contribution is 0.154. The zero-order valence-corrected chi connectivity index (χ0v) is 11.7. The standard InChI is InChI=1S/C11H19N3O4S/c1-9-6-10(13-18-9)7-12-19(16,17)14-5-3-2-4-11(14)8-15/h6,11-12,15H,2-5,7-8H2,1H3. The number of nitrogens with zero attached hydrogens (tertiary/aromatic N) is 2. The highest BCUT2D eigenvalue weighted by atomic mass is 32.2. The average Bonchev–Trinajstić information content (AvgIpc) is 2.82. The number of aliphatic hydroxyl groups excluding tert-OH is 1. The second-order valence-electron chi connectivity index (χ2n) is 4.70. The lowest BCUT2D eigenvalue weighted by Crippen LogP contribution is -2.50. The maximum atomic E-state index is 12.2. The van der Waals surface area contributed by atoms with Gasteiger partial charge in [0.1, 0.15) is 5.76 Å². The molecule has 1 fully saturated rings. The average molecular weight is 289 g/mol. The molecule has 1 aromatic rings. The van der Waals surface area contributed by atoms with Crippen LogP contribution in [0, 0.1) is 6.92 Å². The van der Waals surface area contributed by atoms with Gasteiger partial charge in [0.25, 0.3) is 10.2 Å². The van der Waals surface area contributed by atoms with E-state index in [0.717, 1.165) is 12.8 Å². The predicted molar refractivity (Wildman–Crippen MR) is 68.4 cm³/mol. The first kappa shape index (κ1) is 14.4. The van der Waals surface area contributed by atoms with Crippen molar-refractivity contribution in [2.24, 2.45) is 0 Å². The molecule has 1 aliphatic heterocycles. The van der Waals surface area contributed by atoms with E-state index in [0.29, 0.717) is 24.4 Å². The van der Waals surface area contributed by atoms with Crippen LogP contribution in [0.15, 0.2) is 10.6 Å². The molecule has 0 aromatic carbocycles. The van der Waals surface area contributed by atoms with E-state index in [2.05, 4.69) is 9.88 Å². The summed E-state index contributed by atoms with van der Waals surface area (Å²) in [4.78, 5) is 0. The minimum absolute atomic E-state index is 0.0916. The molecule has 0 amide bonds. The van der Waals surface area contributed by atoms with Crippen molar-refractivity contribution in [3.8, 4) is 0 Å². The van der Waals surface area contributed by atoms with Crippen LogP contribution in [0.5, 0.6) is 0 Å². The van der Waals surface area contributed by atoms with Gasteiger partial charge in [0, 0.05) is 18.7 Å². The number of hydrogen-bond acceptors (Lipinski definition) is 5. The summed E-state index contributed by atoms with van der Waals surface area (Å²) in [6, 6.07) is 1.35. The Hall–Kier alpha value is -0.960. The van der Waals surface area contributed by atoms with Crippen molar-refractivity contribution in [2.45, 2.75) is 38.8 Å². The second kappa shape index (κ2) is 6.00. The maximum Gasteiger partial charge on any atom is 0.280 e. The largest absolute Gasteiger partial charge is 0.395 e. The molecule has 1 saturated heterocycles. The van der Waals surface area contributed by atoms with Crippen molar-refractivity contribution in [1.29, 1.82) is 0 Å². The van der Waals surface area contributed by atoms with Crippen LogP contribution in [0.4, 0.5) is 0 Å². The Balaban J connectivity index is 2.00. The van der Waals surface area contributed by atoms with Crippen molar-refractivity contribution in [1.82, 2.24) is 14.2 Å². The first-order valence-electron chi connectivity index (χ1n) is 6.32. The van der Waals surface area contributed by atoms with Crippen LogP contribution in [0.1, 0.15) is 30.7 Å². The Bertz CT molecular complexity index is 514. The van der Waals surface area contributed by atoms with Gasteiger partial charge in [-0.2, -0.15) is 17.4 Å². The highest BCUT2D eigenvalue weighted by Gasteiger charge is 2.31. The summed E-state index contributed by atoms with van der Waals surface area (Å²) in [5.74, 6) is 0.639. The second-order valence-corrected chi connectivity index (χ2v) is 6.41. The van der Waals surface area contributed by atoms with Crippen LogP contribution in [0.25, 0.3) is 0 Å². The van der Waals surface area contributed by atoms with Crippen LogP contribution in [-0.4, -0.2) is 42.2 Å². The van der Waals surface area contributed by atoms with Gasteiger partial charge >= 0.3 is 0 Å². The van der Waals surface area contributed by atoms with Crippen molar-refractivity contribution in [3.63, 3.8) is 0 Å². The number of nitrogens with one attached hydrogen (secondary N) is 1. The molecule has 2 N–H and O–H groups in total. The first-order valence-corrected chi connectivity index (χ1v) is 7.76. The number of rotatable bonds is 5. The molecule has 0 radical (unpaired) electrons. The summed E-state index contributed by atoms with van der Waals surface area (Å²) in [5.41, 5.74) is 0.540. The van der Waals surface area contributed by atoms with Crippen molar-refractivity contribution < 1.29 is 18.0 Å². The molecule has 8 heteroatoms. The van der Waals surface area contributed by atoms with E-state index < -0.39 is 10.2 Å². The van der Waals surface area contributed by atoms with E-state index in [4.69, 9.17) is 4.52 Å². The molecule has 108 valence electrons. The molecule has 1 aliphatic rings. The fourth-order valence-electron chi connectivity index (χ4n) is 2.22. The number of hydrogen-bond donors (Lipinski definition) is 2. The van der Waals surface area contributed by atoms with Gasteiger partial charge in [0.2, 0.25) is 0 Å². The molecule has 0 saturated carbocycles. The number of aliphatic hydroxyl groups is 1. The predicted octanol–water partition coefficient (Wildman–Crippen LogP) is 0.164. The monoisotopic (exact) mass is 289 g/mol. The molecular formula is C11H19N3O4S. The third-order valence-electron chi connectivity index (χ3n) is 3.21. The molecule has 1 unspecified atom stereocenters. The minimum Gasteiger partial charge on any atom is -0.395 e. The third-order valence-corrected chi connectivity index (χ3v) is 4.81. The van der Waals surface area contributed by atoms with E-state index in [-0.39, 0.29) is 19.2 Å². The fraction of sp³-hybridized carbons (Fsp3) is 0.727. The van der Waals surface area contributed by atoms with E-state index in [9.17, 15) is 13.5 Å². The molecule has 0 spiro atoms. The van der Waals surface area contributed by atoms with Crippen molar-refractivity contribution >= 4 is 10.2 Å². The molecule has 7 nitrogen and oxygen atoms in total. The van der Waals surface area contributed by atoms with E-state index in [1.165, 1.54) is 4.31 Å². The maximum absolute atomic E-state index is 12.2. The number of aryl methyl sites for hydroxylation is 1. The van der Waals surface area contributed by atoms with E-state index >= 15 is 0 Å². The quantitative estimate of drug-likeness (QED) is 0.805. The fourth-order valence-corrected chi connectivity index (χ4v) is 3.65. The van der Waals surface area contributed by atoms with Gasteiger partial charge in [-0.1, -0.05) is 11.6 Å². The molecule has 2 rings (SSSR count). The summed E-state index contributed by atoms with van der Waals surface area (Å²) in [6.45, 7) is 2.13. The van der Waals surface area contributed by atoms with Crippen LogP contribution >= 0.6 is 0 Å². The molecule has 1 atom stereocenters. The Morgan fingerprint density at radius 1 is 1.58 bits per heavy atom. The van der Waals surface area contributed by atoms with Crippen LogP contribution in [-0.2, 0) is 16.8 Å². The Kier molecular flexibility index (Phi) is 4.56. The van der Waals surface area contributed by atoms with Crippen LogP contribution in [0.2, 0.25) is 0 Å². The summed E-state index contributed by atoms with van der Waals surface area (Å²) in [5, 5.41) is 13.0. The van der Waals surface area contributed by atoms with Crippen LogP contribution in [0.3, 0.4) is 0 Å². The highest BCUT2D eigenvalue weighted by molar-refractivity contribution is 7.87. The third kappa shape index (κ3) is 3.53. The van der Waals surface area contributed by atoms with E-state index in [1.54, 1.807) is 13.0 Å². The lowest BCUT2D eigenvalue weighted by atomic mass is 10.1. The summed E-state index contributed by atoms with van der Waals surface area (Å²) in [7, 11) is -3.59. The van der Waals surface area contributed by atoms with Gasteiger partial charge in [0.05, 0.1) is 18.8 Å². The van der Waals surface area contributed by atoms with E-state index in [1.807, 2.05) is 0 Å². The van der Waals surface area contributed by atoms with Gasteiger partial charge in [-0.05, 0) is 19.8 Å².